The van der Waals surface area contributed by atoms with Crippen LogP contribution in [0.3, 0.4) is 0 Å². The third kappa shape index (κ3) is 2.39. The molecule has 4 heteroatoms. The summed E-state index contributed by atoms with van der Waals surface area (Å²) in [5, 5.41) is 0. The fraction of sp³-hybridized carbons (Fsp3) is 0.300. The monoisotopic (exact) mass is 320 g/mol. The van der Waals surface area contributed by atoms with E-state index in [0.717, 1.165) is 35.3 Å². The number of para-hydroxylation sites is 2. The van der Waals surface area contributed by atoms with Crippen molar-refractivity contribution in [1.82, 2.24) is 0 Å². The minimum absolute atomic E-state index is 0.00776. The Hall–Kier alpha value is -2.62. The van der Waals surface area contributed by atoms with E-state index < -0.39 is 0 Å². The van der Waals surface area contributed by atoms with E-state index in [9.17, 15) is 9.59 Å². The fourth-order valence-electron chi connectivity index (χ4n) is 3.27. The van der Waals surface area contributed by atoms with Crippen LogP contribution >= 0.6 is 0 Å². The number of rotatable bonds is 2. The first kappa shape index (κ1) is 14.9. The molecule has 0 N–H and O–H groups in total. The Labute approximate surface area is 141 Å². The quantitative estimate of drug-likeness (QED) is 0.850. The van der Waals surface area contributed by atoms with Gasteiger partial charge in [-0.1, -0.05) is 18.2 Å². The van der Waals surface area contributed by atoms with Crippen molar-refractivity contribution in [3.63, 3.8) is 0 Å². The molecular weight excluding hydrogens is 300 g/mol. The molecule has 1 fully saturated rings. The number of hydrogen-bond donors (Lipinski definition) is 0. The van der Waals surface area contributed by atoms with Crippen LogP contribution in [0, 0.1) is 13.8 Å². The van der Waals surface area contributed by atoms with Crippen molar-refractivity contribution < 1.29 is 9.59 Å². The highest BCUT2D eigenvalue weighted by Crippen LogP contribution is 2.40. The maximum atomic E-state index is 13.0. The molecule has 122 valence electrons. The van der Waals surface area contributed by atoms with E-state index in [-0.39, 0.29) is 18.4 Å². The van der Waals surface area contributed by atoms with Crippen molar-refractivity contribution in [1.29, 1.82) is 0 Å². The lowest BCUT2D eigenvalue weighted by atomic mass is 10.0. The number of aryl methyl sites for hydroxylation is 2. The first-order valence-electron chi connectivity index (χ1n) is 8.36. The second kappa shape index (κ2) is 5.48. The highest BCUT2D eigenvalue weighted by Gasteiger charge is 2.40. The van der Waals surface area contributed by atoms with Gasteiger partial charge in [-0.2, -0.15) is 0 Å². The van der Waals surface area contributed by atoms with Crippen LogP contribution in [0.2, 0.25) is 0 Å². The third-order valence-electron chi connectivity index (χ3n) is 4.91. The van der Waals surface area contributed by atoms with Crippen LogP contribution in [-0.4, -0.2) is 24.4 Å². The summed E-state index contributed by atoms with van der Waals surface area (Å²) in [6.45, 7) is 4.13. The zero-order valence-electron chi connectivity index (χ0n) is 14.0. The molecule has 24 heavy (non-hydrogen) atoms. The molecule has 0 saturated heterocycles. The Morgan fingerprint density at radius 3 is 2.38 bits per heavy atom. The van der Waals surface area contributed by atoms with Gasteiger partial charge in [-0.3, -0.25) is 14.5 Å². The molecule has 0 radical (unpaired) electrons. The summed E-state index contributed by atoms with van der Waals surface area (Å²) in [6.07, 6.45) is 2.09. The van der Waals surface area contributed by atoms with Gasteiger partial charge in [0, 0.05) is 11.6 Å². The SMILES string of the molecule is Cc1ccc(C(=O)N2CC(=O)N(C3CC3)c3ccccc32)cc1C. The number of anilines is 2. The van der Waals surface area contributed by atoms with Crippen molar-refractivity contribution in [3.05, 3.63) is 59.2 Å². The zero-order valence-corrected chi connectivity index (χ0v) is 14.0. The fourth-order valence-corrected chi connectivity index (χ4v) is 3.27. The van der Waals surface area contributed by atoms with E-state index in [4.69, 9.17) is 0 Å². The average Bonchev–Trinajstić information content (AvgIpc) is 3.40. The van der Waals surface area contributed by atoms with Crippen LogP contribution in [-0.2, 0) is 4.79 Å². The second-order valence-corrected chi connectivity index (χ2v) is 6.67. The Kier molecular flexibility index (Phi) is 3.41. The molecule has 0 bridgehead atoms. The van der Waals surface area contributed by atoms with E-state index in [2.05, 4.69) is 0 Å². The van der Waals surface area contributed by atoms with E-state index >= 15 is 0 Å². The first-order chi connectivity index (χ1) is 11.6. The Morgan fingerprint density at radius 2 is 1.71 bits per heavy atom. The van der Waals surface area contributed by atoms with Gasteiger partial charge in [-0.25, -0.2) is 0 Å². The molecule has 1 saturated carbocycles. The van der Waals surface area contributed by atoms with Crippen molar-refractivity contribution in [2.75, 3.05) is 16.3 Å². The summed E-state index contributed by atoms with van der Waals surface area (Å²) in [5.41, 5.74) is 4.54. The van der Waals surface area contributed by atoms with Crippen LogP contribution in [0.4, 0.5) is 11.4 Å². The molecule has 4 nitrogen and oxygen atoms in total. The molecule has 2 amide bonds. The van der Waals surface area contributed by atoms with E-state index in [1.54, 1.807) is 4.90 Å². The Morgan fingerprint density at radius 1 is 1.00 bits per heavy atom. The van der Waals surface area contributed by atoms with Crippen molar-refractivity contribution in [2.45, 2.75) is 32.7 Å². The number of fused-ring (bicyclic) bond motifs is 1. The van der Waals surface area contributed by atoms with Crippen molar-refractivity contribution >= 4 is 23.2 Å². The second-order valence-electron chi connectivity index (χ2n) is 6.67. The summed E-state index contributed by atoms with van der Waals surface area (Å²) < 4.78 is 0. The van der Waals surface area contributed by atoms with Gasteiger partial charge in [0.05, 0.1) is 11.4 Å². The van der Waals surface area contributed by atoms with Gasteiger partial charge < -0.3 is 4.90 Å². The van der Waals surface area contributed by atoms with Gasteiger partial charge in [0.2, 0.25) is 5.91 Å². The minimum atomic E-state index is -0.116. The molecule has 0 unspecified atom stereocenters. The molecule has 1 aliphatic heterocycles. The maximum absolute atomic E-state index is 13.0. The smallest absolute Gasteiger partial charge is 0.258 e. The molecule has 0 atom stereocenters. The first-order valence-corrected chi connectivity index (χ1v) is 8.36. The summed E-state index contributed by atoms with van der Waals surface area (Å²) in [6, 6.07) is 13.7. The lowest BCUT2D eigenvalue weighted by molar-refractivity contribution is -0.117. The normalized spacial score (nSPS) is 17.0. The predicted octanol–water partition coefficient (Wildman–Crippen LogP) is 3.46. The summed E-state index contributed by atoms with van der Waals surface area (Å²) >= 11 is 0. The molecule has 2 aliphatic rings. The molecule has 1 aliphatic carbocycles. The van der Waals surface area contributed by atoms with Gasteiger partial charge in [0.1, 0.15) is 6.54 Å². The molecule has 0 aromatic heterocycles. The topological polar surface area (TPSA) is 40.6 Å². The molecule has 0 spiro atoms. The standard InChI is InChI=1S/C20H20N2O2/c1-13-7-8-15(11-14(13)2)20(24)21-12-19(23)22(16-9-10-16)18-6-4-3-5-17(18)21/h3-8,11,16H,9-10,12H2,1-2H3. The van der Waals surface area contributed by atoms with Crippen LogP contribution in [0.15, 0.2) is 42.5 Å². The third-order valence-corrected chi connectivity index (χ3v) is 4.91. The van der Waals surface area contributed by atoms with Gasteiger partial charge in [0.15, 0.2) is 0 Å². The van der Waals surface area contributed by atoms with Gasteiger partial charge >= 0.3 is 0 Å². The van der Waals surface area contributed by atoms with E-state index in [1.807, 2.05) is 61.2 Å². The minimum Gasteiger partial charge on any atom is -0.306 e. The lowest BCUT2D eigenvalue weighted by Gasteiger charge is -2.36. The average molecular weight is 320 g/mol. The number of benzene rings is 2. The lowest BCUT2D eigenvalue weighted by Crippen LogP contribution is -2.49. The number of carbonyl (C=O) groups excluding carboxylic acids is 2. The molecule has 1 heterocycles. The largest absolute Gasteiger partial charge is 0.306 e. The van der Waals surface area contributed by atoms with Crippen molar-refractivity contribution in [2.24, 2.45) is 0 Å². The Bertz CT molecular complexity index is 839. The van der Waals surface area contributed by atoms with Gasteiger partial charge in [-0.05, 0) is 62.1 Å². The van der Waals surface area contributed by atoms with E-state index in [1.165, 1.54) is 0 Å². The molecule has 2 aromatic rings. The summed E-state index contributed by atoms with van der Waals surface area (Å²) in [4.78, 5) is 29.1. The summed E-state index contributed by atoms with van der Waals surface area (Å²) in [5.74, 6) is -0.109. The van der Waals surface area contributed by atoms with Crippen LogP contribution in [0.5, 0.6) is 0 Å². The number of nitrogens with zero attached hydrogens (tertiary/aromatic N) is 2. The number of amides is 2. The van der Waals surface area contributed by atoms with Crippen LogP contribution < -0.4 is 9.80 Å². The van der Waals surface area contributed by atoms with Crippen LogP contribution in [0.1, 0.15) is 34.3 Å². The Balaban J connectivity index is 1.75. The van der Waals surface area contributed by atoms with Crippen molar-refractivity contribution in [3.8, 4) is 0 Å². The summed E-state index contributed by atoms with van der Waals surface area (Å²) in [7, 11) is 0. The number of carbonyl (C=O) groups is 2. The zero-order chi connectivity index (χ0) is 16.8. The molecular formula is C20H20N2O2. The highest BCUT2D eigenvalue weighted by molar-refractivity contribution is 6.16. The molecule has 4 rings (SSSR count). The predicted molar refractivity (Wildman–Crippen MR) is 94.5 cm³/mol. The highest BCUT2D eigenvalue weighted by atomic mass is 16.2. The van der Waals surface area contributed by atoms with E-state index in [0.29, 0.717) is 11.6 Å². The van der Waals surface area contributed by atoms with Crippen LogP contribution in [0.25, 0.3) is 0 Å². The van der Waals surface area contributed by atoms with Gasteiger partial charge in [-0.15, -0.1) is 0 Å². The molecule has 2 aromatic carbocycles. The van der Waals surface area contributed by atoms with Gasteiger partial charge in [0.25, 0.3) is 5.91 Å². The maximum Gasteiger partial charge on any atom is 0.258 e. The number of hydrogen-bond acceptors (Lipinski definition) is 2.